The SMILES string of the molecule is C1=c2ccc3[nH]c4ccccc4c3c2=NCC1. The van der Waals surface area contributed by atoms with Crippen LogP contribution in [-0.4, -0.2) is 11.5 Å². The second kappa shape index (κ2) is 3.20. The van der Waals surface area contributed by atoms with Crippen LogP contribution in [0.15, 0.2) is 41.4 Å². The Labute approximate surface area is 98.3 Å². The van der Waals surface area contributed by atoms with E-state index in [2.05, 4.69) is 47.5 Å². The van der Waals surface area contributed by atoms with E-state index in [1.807, 2.05) is 0 Å². The molecule has 82 valence electrons. The lowest BCUT2D eigenvalue weighted by molar-refractivity contribution is 0.968. The molecule has 17 heavy (non-hydrogen) atoms. The van der Waals surface area contributed by atoms with Crippen molar-refractivity contribution in [1.29, 1.82) is 0 Å². The minimum atomic E-state index is 0.908. The maximum Gasteiger partial charge on any atom is 0.0743 e. The topological polar surface area (TPSA) is 28.1 Å². The largest absolute Gasteiger partial charge is 0.354 e. The van der Waals surface area contributed by atoms with Gasteiger partial charge in [-0.2, -0.15) is 0 Å². The van der Waals surface area contributed by atoms with Crippen LogP contribution in [0.5, 0.6) is 0 Å². The molecule has 0 spiro atoms. The minimum absolute atomic E-state index is 0.908. The summed E-state index contributed by atoms with van der Waals surface area (Å²) in [5, 5.41) is 4.98. The molecule has 1 aromatic heterocycles. The Bertz CT molecular complexity index is 840. The molecule has 1 aliphatic rings. The van der Waals surface area contributed by atoms with Crippen molar-refractivity contribution in [1.82, 2.24) is 4.98 Å². The summed E-state index contributed by atoms with van der Waals surface area (Å²) in [4.78, 5) is 8.15. The van der Waals surface area contributed by atoms with Crippen molar-refractivity contribution in [3.05, 3.63) is 47.0 Å². The molecule has 0 atom stereocenters. The zero-order chi connectivity index (χ0) is 11.2. The lowest BCUT2D eigenvalue weighted by Crippen LogP contribution is -2.28. The van der Waals surface area contributed by atoms with Crippen molar-refractivity contribution >= 4 is 27.9 Å². The highest BCUT2D eigenvalue weighted by Gasteiger charge is 2.07. The van der Waals surface area contributed by atoms with Crippen molar-refractivity contribution in [3.8, 4) is 0 Å². The first-order valence-electron chi connectivity index (χ1n) is 5.97. The maximum absolute atomic E-state index is 4.69. The molecule has 0 radical (unpaired) electrons. The van der Waals surface area contributed by atoms with Gasteiger partial charge in [-0.05, 0) is 23.8 Å². The summed E-state index contributed by atoms with van der Waals surface area (Å²) in [5.74, 6) is 0. The van der Waals surface area contributed by atoms with Gasteiger partial charge in [-0.15, -0.1) is 0 Å². The van der Waals surface area contributed by atoms with Crippen LogP contribution >= 0.6 is 0 Å². The second-order valence-corrected chi connectivity index (χ2v) is 4.47. The van der Waals surface area contributed by atoms with E-state index < -0.39 is 0 Å². The van der Waals surface area contributed by atoms with E-state index in [4.69, 9.17) is 4.99 Å². The van der Waals surface area contributed by atoms with Gasteiger partial charge in [0.05, 0.1) is 5.36 Å². The van der Waals surface area contributed by atoms with Crippen LogP contribution in [0.2, 0.25) is 0 Å². The molecule has 0 saturated heterocycles. The molecule has 1 N–H and O–H groups in total. The van der Waals surface area contributed by atoms with Crippen LogP contribution in [0.4, 0.5) is 0 Å². The van der Waals surface area contributed by atoms with Crippen LogP contribution in [0.1, 0.15) is 6.42 Å². The molecule has 0 fully saturated rings. The first-order chi connectivity index (χ1) is 8.43. The number of hydrogen-bond donors (Lipinski definition) is 1. The Morgan fingerprint density at radius 1 is 1.00 bits per heavy atom. The quantitative estimate of drug-likeness (QED) is 0.601. The number of rotatable bonds is 0. The van der Waals surface area contributed by atoms with Crippen LogP contribution in [0, 0.1) is 0 Å². The molecule has 2 heterocycles. The average molecular weight is 220 g/mol. The van der Waals surface area contributed by atoms with E-state index in [1.54, 1.807) is 0 Å². The summed E-state index contributed by atoms with van der Waals surface area (Å²) in [6, 6.07) is 12.8. The van der Waals surface area contributed by atoms with E-state index in [0.717, 1.165) is 18.3 Å². The van der Waals surface area contributed by atoms with Gasteiger partial charge in [0.25, 0.3) is 0 Å². The van der Waals surface area contributed by atoms with Crippen molar-refractivity contribution in [2.24, 2.45) is 4.99 Å². The van der Waals surface area contributed by atoms with Crippen LogP contribution in [-0.2, 0) is 0 Å². The number of para-hydroxylation sites is 1. The van der Waals surface area contributed by atoms with E-state index in [9.17, 15) is 0 Å². The molecule has 0 unspecified atom stereocenters. The Balaban J connectivity index is 2.38. The summed E-state index contributed by atoms with van der Waals surface area (Å²) in [6.45, 7) is 0.908. The third-order valence-corrected chi connectivity index (χ3v) is 3.44. The molecule has 2 aromatic carbocycles. The first-order valence-corrected chi connectivity index (χ1v) is 5.97. The number of nitrogens with zero attached hydrogens (tertiary/aromatic N) is 1. The van der Waals surface area contributed by atoms with Crippen molar-refractivity contribution in [2.45, 2.75) is 6.42 Å². The number of aromatic nitrogens is 1. The average Bonchev–Trinajstić information content (AvgIpc) is 2.77. The zero-order valence-corrected chi connectivity index (χ0v) is 9.40. The minimum Gasteiger partial charge on any atom is -0.354 e. The van der Waals surface area contributed by atoms with Gasteiger partial charge in [-0.3, -0.25) is 4.99 Å². The van der Waals surface area contributed by atoms with Crippen molar-refractivity contribution < 1.29 is 0 Å². The predicted molar refractivity (Wildman–Crippen MR) is 70.5 cm³/mol. The summed E-state index contributed by atoms with van der Waals surface area (Å²) < 4.78 is 0. The van der Waals surface area contributed by atoms with Gasteiger partial charge in [0.1, 0.15) is 0 Å². The number of nitrogens with one attached hydrogen (secondary N) is 1. The second-order valence-electron chi connectivity index (χ2n) is 4.47. The highest BCUT2D eigenvalue weighted by molar-refractivity contribution is 6.06. The number of H-pyrrole nitrogens is 1. The smallest absolute Gasteiger partial charge is 0.0743 e. The maximum atomic E-state index is 4.69. The van der Waals surface area contributed by atoms with Gasteiger partial charge in [0.15, 0.2) is 0 Å². The molecule has 0 bridgehead atoms. The summed E-state index contributed by atoms with van der Waals surface area (Å²) in [7, 11) is 0. The summed E-state index contributed by atoms with van der Waals surface area (Å²) in [6.07, 6.45) is 3.34. The third-order valence-electron chi connectivity index (χ3n) is 3.44. The Morgan fingerprint density at radius 2 is 1.94 bits per heavy atom. The van der Waals surface area contributed by atoms with E-state index in [1.165, 1.54) is 27.0 Å². The summed E-state index contributed by atoms with van der Waals surface area (Å²) in [5.41, 5.74) is 2.38. The fraction of sp³-hybridized carbons (Fsp3) is 0.133. The van der Waals surface area contributed by atoms with E-state index in [-0.39, 0.29) is 0 Å². The highest BCUT2D eigenvalue weighted by atomic mass is 14.7. The molecule has 2 heteroatoms. The molecule has 3 aromatic rings. The molecule has 0 aliphatic carbocycles. The highest BCUT2D eigenvalue weighted by Crippen LogP contribution is 2.21. The third kappa shape index (κ3) is 1.18. The van der Waals surface area contributed by atoms with Gasteiger partial charge < -0.3 is 4.98 Å². The predicted octanol–water partition coefficient (Wildman–Crippen LogP) is 2.12. The zero-order valence-electron chi connectivity index (χ0n) is 9.40. The lowest BCUT2D eigenvalue weighted by atomic mass is 10.1. The fourth-order valence-electron chi connectivity index (χ4n) is 2.67. The monoisotopic (exact) mass is 220 g/mol. The Kier molecular flexibility index (Phi) is 1.69. The van der Waals surface area contributed by atoms with Crippen molar-refractivity contribution in [3.63, 3.8) is 0 Å². The van der Waals surface area contributed by atoms with Gasteiger partial charge >= 0.3 is 0 Å². The fourth-order valence-corrected chi connectivity index (χ4v) is 2.67. The lowest BCUT2D eigenvalue weighted by Gasteiger charge is -2.00. The van der Waals surface area contributed by atoms with Crippen molar-refractivity contribution in [2.75, 3.05) is 6.54 Å². The normalized spacial score (nSPS) is 14.4. The van der Waals surface area contributed by atoms with Gasteiger partial charge in [-0.1, -0.05) is 30.3 Å². The molecule has 0 saturated carbocycles. The molecular formula is C15H12N2. The molecule has 0 amide bonds. The van der Waals surface area contributed by atoms with Gasteiger partial charge in [0.2, 0.25) is 0 Å². The number of aromatic amines is 1. The van der Waals surface area contributed by atoms with Crippen LogP contribution in [0.3, 0.4) is 0 Å². The van der Waals surface area contributed by atoms with Crippen LogP contribution < -0.4 is 10.6 Å². The van der Waals surface area contributed by atoms with Gasteiger partial charge in [0, 0.05) is 28.4 Å². The molecule has 1 aliphatic heterocycles. The number of fused-ring (bicyclic) bond motifs is 5. The van der Waals surface area contributed by atoms with Crippen LogP contribution in [0.25, 0.3) is 27.9 Å². The first kappa shape index (κ1) is 8.99. The number of benzene rings is 2. The Morgan fingerprint density at radius 3 is 2.94 bits per heavy atom. The molecular weight excluding hydrogens is 208 g/mol. The summed E-state index contributed by atoms with van der Waals surface area (Å²) >= 11 is 0. The van der Waals surface area contributed by atoms with E-state index in [0.29, 0.717) is 0 Å². The molecule has 2 nitrogen and oxygen atoms in total. The molecule has 4 rings (SSSR count). The number of hydrogen-bond acceptors (Lipinski definition) is 1. The standard InChI is InChI=1S/C15H12N2/c1-2-6-12-11(5-1)14-13(17-12)8-7-10-4-3-9-16-15(10)14/h1-2,4-8,17H,3,9H2. The van der Waals surface area contributed by atoms with Gasteiger partial charge in [-0.25, -0.2) is 0 Å². The van der Waals surface area contributed by atoms with E-state index >= 15 is 0 Å². The Hall–Kier alpha value is -2.09.